The first-order valence-electron chi connectivity index (χ1n) is 6.27. The summed E-state index contributed by atoms with van der Waals surface area (Å²) in [4.78, 5) is 0. The Bertz CT molecular complexity index is 562. The van der Waals surface area contributed by atoms with E-state index in [1.165, 1.54) is 16.7 Å². The summed E-state index contributed by atoms with van der Waals surface area (Å²) >= 11 is 0. The van der Waals surface area contributed by atoms with Crippen molar-refractivity contribution in [1.29, 1.82) is 5.26 Å². The van der Waals surface area contributed by atoms with E-state index in [0.717, 1.165) is 5.56 Å². The number of hydrogen-bond acceptors (Lipinski definition) is 1. The molecule has 0 bridgehead atoms. The van der Waals surface area contributed by atoms with Crippen LogP contribution in [0.3, 0.4) is 0 Å². The third-order valence-electron chi connectivity index (χ3n) is 3.11. The molecule has 0 aliphatic carbocycles. The molecule has 0 aliphatic rings. The van der Waals surface area contributed by atoms with Crippen molar-refractivity contribution in [2.24, 2.45) is 0 Å². The van der Waals surface area contributed by atoms with Gasteiger partial charge in [0.2, 0.25) is 0 Å². The van der Waals surface area contributed by atoms with Crippen molar-refractivity contribution in [1.82, 2.24) is 0 Å². The Hall–Kier alpha value is -2.07. The second-order valence-corrected chi connectivity index (χ2v) is 4.78. The number of nitrogens with zero attached hydrogens (tertiary/aromatic N) is 1. The Balaban J connectivity index is 2.51. The lowest BCUT2D eigenvalue weighted by atomic mass is 9.90. The van der Waals surface area contributed by atoms with Gasteiger partial charge < -0.3 is 0 Å². The Morgan fingerprint density at radius 2 is 1.78 bits per heavy atom. The van der Waals surface area contributed by atoms with E-state index in [-0.39, 0.29) is 0 Å². The average Bonchev–Trinajstić information content (AvgIpc) is 2.40. The van der Waals surface area contributed by atoms with E-state index >= 15 is 0 Å². The van der Waals surface area contributed by atoms with E-state index in [9.17, 15) is 0 Å². The zero-order valence-electron chi connectivity index (χ0n) is 10.9. The molecule has 0 amide bonds. The zero-order valence-corrected chi connectivity index (χ0v) is 10.9. The quantitative estimate of drug-likeness (QED) is 0.766. The molecule has 0 saturated heterocycles. The Kier molecular flexibility index (Phi) is 3.79. The number of benzene rings is 2. The van der Waals surface area contributed by atoms with Gasteiger partial charge in [0.1, 0.15) is 0 Å². The minimum absolute atomic E-state index is 0.457. The van der Waals surface area contributed by atoms with Gasteiger partial charge in [-0.3, -0.25) is 0 Å². The molecular formula is C17H17N. The topological polar surface area (TPSA) is 23.8 Å². The van der Waals surface area contributed by atoms with Crippen molar-refractivity contribution in [3.8, 4) is 17.2 Å². The van der Waals surface area contributed by atoms with E-state index in [1.54, 1.807) is 0 Å². The van der Waals surface area contributed by atoms with Crippen molar-refractivity contribution >= 4 is 0 Å². The molecule has 0 radical (unpaired) electrons. The van der Waals surface area contributed by atoms with Crippen LogP contribution in [0.2, 0.25) is 0 Å². The molecular weight excluding hydrogens is 218 g/mol. The van der Waals surface area contributed by atoms with Gasteiger partial charge in [-0.15, -0.1) is 0 Å². The maximum Gasteiger partial charge on any atom is 0.0669 e. The third kappa shape index (κ3) is 2.60. The van der Waals surface area contributed by atoms with Crippen LogP contribution in [-0.2, 0) is 6.42 Å². The van der Waals surface area contributed by atoms with Crippen LogP contribution in [0.1, 0.15) is 30.9 Å². The molecule has 0 spiro atoms. The molecule has 2 aromatic carbocycles. The van der Waals surface area contributed by atoms with Gasteiger partial charge in [-0.2, -0.15) is 5.26 Å². The van der Waals surface area contributed by atoms with Gasteiger partial charge in [-0.05, 0) is 28.2 Å². The summed E-state index contributed by atoms with van der Waals surface area (Å²) < 4.78 is 0. The Morgan fingerprint density at radius 3 is 2.39 bits per heavy atom. The van der Waals surface area contributed by atoms with E-state index < -0.39 is 0 Å². The van der Waals surface area contributed by atoms with Crippen molar-refractivity contribution in [2.75, 3.05) is 0 Å². The molecule has 0 N–H and O–H groups in total. The van der Waals surface area contributed by atoms with Gasteiger partial charge in [-0.25, -0.2) is 0 Å². The normalized spacial score (nSPS) is 10.3. The predicted octanol–water partition coefficient (Wildman–Crippen LogP) is 4.54. The summed E-state index contributed by atoms with van der Waals surface area (Å²) in [7, 11) is 0. The van der Waals surface area contributed by atoms with Crippen LogP contribution in [0.5, 0.6) is 0 Å². The number of hydrogen-bond donors (Lipinski definition) is 0. The number of nitriles is 1. The highest BCUT2D eigenvalue weighted by Crippen LogP contribution is 2.30. The van der Waals surface area contributed by atoms with Gasteiger partial charge in [0.25, 0.3) is 0 Å². The molecule has 0 aromatic heterocycles. The fourth-order valence-electron chi connectivity index (χ4n) is 2.17. The SMILES string of the molecule is CC(C)c1cc(CC#N)ccc1-c1ccccc1. The lowest BCUT2D eigenvalue weighted by Crippen LogP contribution is -1.95. The second-order valence-electron chi connectivity index (χ2n) is 4.78. The highest BCUT2D eigenvalue weighted by atomic mass is 14.2. The highest BCUT2D eigenvalue weighted by Gasteiger charge is 2.09. The van der Waals surface area contributed by atoms with Gasteiger partial charge in [0.15, 0.2) is 0 Å². The van der Waals surface area contributed by atoms with Crippen molar-refractivity contribution < 1.29 is 0 Å². The standard InChI is InChI=1S/C17H17N/c1-13(2)17-12-14(10-11-18)8-9-16(17)15-6-4-3-5-7-15/h3-9,12-13H,10H2,1-2H3. The molecule has 0 unspecified atom stereocenters. The molecule has 18 heavy (non-hydrogen) atoms. The molecule has 90 valence electrons. The summed E-state index contributed by atoms with van der Waals surface area (Å²) in [6.07, 6.45) is 0.481. The van der Waals surface area contributed by atoms with Crippen LogP contribution in [0, 0.1) is 11.3 Å². The summed E-state index contributed by atoms with van der Waals surface area (Å²) in [6.45, 7) is 4.38. The fraction of sp³-hybridized carbons (Fsp3) is 0.235. The zero-order chi connectivity index (χ0) is 13.0. The summed E-state index contributed by atoms with van der Waals surface area (Å²) in [5.74, 6) is 0.457. The molecule has 1 heteroatoms. The first-order valence-corrected chi connectivity index (χ1v) is 6.27. The molecule has 0 atom stereocenters. The van der Waals surface area contributed by atoms with E-state index in [4.69, 9.17) is 5.26 Å². The van der Waals surface area contributed by atoms with Crippen molar-refractivity contribution in [3.63, 3.8) is 0 Å². The maximum absolute atomic E-state index is 8.79. The van der Waals surface area contributed by atoms with E-state index in [2.05, 4.69) is 62.4 Å². The van der Waals surface area contributed by atoms with Crippen LogP contribution >= 0.6 is 0 Å². The minimum Gasteiger partial charge on any atom is -0.198 e. The van der Waals surface area contributed by atoms with E-state index in [0.29, 0.717) is 12.3 Å². The van der Waals surface area contributed by atoms with Gasteiger partial charge in [0.05, 0.1) is 12.5 Å². The first-order chi connectivity index (χ1) is 8.72. The summed E-state index contributed by atoms with van der Waals surface area (Å²) in [5.41, 5.74) is 4.92. The summed E-state index contributed by atoms with van der Waals surface area (Å²) in [6, 6.07) is 19.0. The van der Waals surface area contributed by atoms with Crippen LogP contribution in [0.4, 0.5) is 0 Å². The van der Waals surface area contributed by atoms with Crippen LogP contribution < -0.4 is 0 Å². The molecule has 0 aliphatic heterocycles. The highest BCUT2D eigenvalue weighted by molar-refractivity contribution is 5.68. The summed E-state index contributed by atoms with van der Waals surface area (Å²) in [5, 5.41) is 8.79. The van der Waals surface area contributed by atoms with Gasteiger partial charge in [-0.1, -0.05) is 62.4 Å². The Labute approximate surface area is 109 Å². The molecule has 1 nitrogen and oxygen atoms in total. The minimum atomic E-state index is 0.457. The van der Waals surface area contributed by atoms with Crippen molar-refractivity contribution in [3.05, 3.63) is 59.7 Å². The monoisotopic (exact) mass is 235 g/mol. The van der Waals surface area contributed by atoms with Gasteiger partial charge in [0, 0.05) is 0 Å². The first kappa shape index (κ1) is 12.4. The van der Waals surface area contributed by atoms with Crippen molar-refractivity contribution in [2.45, 2.75) is 26.2 Å². The second kappa shape index (κ2) is 5.51. The molecule has 0 fully saturated rings. The van der Waals surface area contributed by atoms with Crippen LogP contribution in [0.25, 0.3) is 11.1 Å². The fourth-order valence-corrected chi connectivity index (χ4v) is 2.17. The van der Waals surface area contributed by atoms with Crippen LogP contribution in [-0.4, -0.2) is 0 Å². The molecule has 2 rings (SSSR count). The Morgan fingerprint density at radius 1 is 1.06 bits per heavy atom. The van der Waals surface area contributed by atoms with Gasteiger partial charge >= 0.3 is 0 Å². The molecule has 2 aromatic rings. The average molecular weight is 235 g/mol. The smallest absolute Gasteiger partial charge is 0.0669 e. The maximum atomic E-state index is 8.79. The third-order valence-corrected chi connectivity index (χ3v) is 3.11. The molecule has 0 heterocycles. The molecule has 0 saturated carbocycles. The lowest BCUT2D eigenvalue weighted by molar-refractivity contribution is 0.866. The lowest BCUT2D eigenvalue weighted by Gasteiger charge is -2.14. The predicted molar refractivity (Wildman–Crippen MR) is 75.3 cm³/mol. The largest absolute Gasteiger partial charge is 0.198 e. The van der Waals surface area contributed by atoms with E-state index in [1.807, 2.05) is 6.07 Å². The number of rotatable bonds is 3. The van der Waals surface area contributed by atoms with Crippen LogP contribution in [0.15, 0.2) is 48.5 Å².